The molecule has 138 valence electrons. The lowest BCUT2D eigenvalue weighted by molar-refractivity contribution is 0.228. The summed E-state index contributed by atoms with van der Waals surface area (Å²) in [5.74, 6) is 1.24. The van der Waals surface area contributed by atoms with Gasteiger partial charge in [0.15, 0.2) is 0 Å². The van der Waals surface area contributed by atoms with Crippen molar-refractivity contribution < 1.29 is 5.11 Å². The Balaban J connectivity index is 1.81. The Morgan fingerprint density at radius 3 is 2.48 bits per heavy atom. The molecule has 1 atom stereocenters. The van der Waals surface area contributed by atoms with E-state index >= 15 is 0 Å². The molecule has 0 aliphatic heterocycles. The largest absolute Gasteiger partial charge is 0.384 e. The molecule has 3 rings (SSSR count). The first-order valence-electron chi connectivity index (χ1n) is 8.87. The molecule has 0 saturated carbocycles. The molecule has 1 aromatic heterocycles. The van der Waals surface area contributed by atoms with E-state index in [2.05, 4.69) is 20.6 Å². The van der Waals surface area contributed by atoms with Crippen LogP contribution in [0.25, 0.3) is 0 Å². The van der Waals surface area contributed by atoms with E-state index in [1.807, 2.05) is 81.4 Å². The second-order valence-electron chi connectivity index (χ2n) is 6.66. The minimum Gasteiger partial charge on any atom is -0.384 e. The van der Waals surface area contributed by atoms with Crippen molar-refractivity contribution in [1.29, 1.82) is 0 Å². The minimum atomic E-state index is -0.626. The van der Waals surface area contributed by atoms with E-state index in [-0.39, 0.29) is 0 Å². The Morgan fingerprint density at radius 1 is 1.00 bits per heavy atom. The number of aliphatic hydroxyl groups is 1. The number of anilines is 4. The summed E-state index contributed by atoms with van der Waals surface area (Å²) in [6.45, 7) is 5.89. The first-order valence-corrected chi connectivity index (χ1v) is 8.87. The summed E-state index contributed by atoms with van der Waals surface area (Å²) in [5, 5.41) is 16.8. The Kier molecular flexibility index (Phi) is 5.84. The summed E-state index contributed by atoms with van der Waals surface area (Å²) < 4.78 is 0. The Morgan fingerprint density at radius 2 is 1.74 bits per heavy atom. The predicted molar refractivity (Wildman–Crippen MR) is 111 cm³/mol. The van der Waals surface area contributed by atoms with Crippen molar-refractivity contribution in [1.82, 2.24) is 9.97 Å². The second kappa shape index (κ2) is 8.47. The molecule has 1 heterocycles. The fourth-order valence-corrected chi connectivity index (χ4v) is 2.63. The zero-order chi connectivity index (χ0) is 19.2. The van der Waals surface area contributed by atoms with Crippen LogP contribution in [0.2, 0.25) is 0 Å². The number of hydrogen-bond donors (Lipinski definition) is 3. The molecule has 0 amide bonds. The van der Waals surface area contributed by atoms with Crippen molar-refractivity contribution in [3.05, 3.63) is 83.6 Å². The molecule has 0 bridgehead atoms. The summed E-state index contributed by atoms with van der Waals surface area (Å²) >= 11 is 0. The Hall–Kier alpha value is -3.18. The molecule has 2 aromatic carbocycles. The average molecular weight is 360 g/mol. The molecule has 5 nitrogen and oxygen atoms in total. The lowest BCUT2D eigenvalue weighted by Crippen LogP contribution is -2.03. The third kappa shape index (κ3) is 5.15. The van der Waals surface area contributed by atoms with Crippen LogP contribution >= 0.6 is 0 Å². The van der Waals surface area contributed by atoms with Gasteiger partial charge in [0.25, 0.3) is 0 Å². The molecular weight excluding hydrogens is 336 g/mol. The van der Waals surface area contributed by atoms with Gasteiger partial charge in [0.2, 0.25) is 5.95 Å². The van der Waals surface area contributed by atoms with Crippen molar-refractivity contribution in [3.8, 4) is 0 Å². The van der Waals surface area contributed by atoms with E-state index in [4.69, 9.17) is 0 Å². The summed E-state index contributed by atoms with van der Waals surface area (Å²) in [4.78, 5) is 8.92. The molecule has 0 fully saturated rings. The van der Waals surface area contributed by atoms with Gasteiger partial charge in [0, 0.05) is 23.1 Å². The summed E-state index contributed by atoms with van der Waals surface area (Å²) in [5.41, 5.74) is 4.63. The third-order valence-corrected chi connectivity index (χ3v) is 3.98. The van der Waals surface area contributed by atoms with E-state index in [0.29, 0.717) is 5.95 Å². The molecule has 27 heavy (non-hydrogen) atoms. The molecule has 5 heteroatoms. The first-order chi connectivity index (χ1) is 13.0. The fraction of sp³-hybridized carbons (Fsp3) is 0.182. The number of hydrogen-bond acceptors (Lipinski definition) is 5. The van der Waals surface area contributed by atoms with Crippen LogP contribution in [0.1, 0.15) is 31.1 Å². The van der Waals surface area contributed by atoms with Crippen molar-refractivity contribution in [2.45, 2.75) is 26.9 Å². The Labute approximate surface area is 159 Å². The number of benzene rings is 2. The normalized spacial score (nSPS) is 11.6. The summed E-state index contributed by atoms with van der Waals surface area (Å²) in [7, 11) is 0. The van der Waals surface area contributed by atoms with E-state index in [9.17, 15) is 5.11 Å². The van der Waals surface area contributed by atoms with Crippen LogP contribution in [0.5, 0.6) is 0 Å². The van der Waals surface area contributed by atoms with Crippen LogP contribution in [0.3, 0.4) is 0 Å². The number of rotatable bonds is 6. The maximum atomic E-state index is 10.3. The number of nitrogens with one attached hydrogen (secondary N) is 2. The molecule has 0 radical (unpaired) electrons. The minimum absolute atomic E-state index is 0.523. The van der Waals surface area contributed by atoms with Gasteiger partial charge in [0.05, 0.1) is 6.10 Å². The van der Waals surface area contributed by atoms with Crippen LogP contribution in [0.15, 0.2) is 72.4 Å². The summed E-state index contributed by atoms with van der Waals surface area (Å²) in [6.07, 6.45) is 2.98. The number of aryl methyl sites for hydroxylation is 1. The summed E-state index contributed by atoms with van der Waals surface area (Å²) in [6, 6.07) is 17.5. The standard InChI is InChI=1S/C22H24N4O/c1-15(2)12-20(27)17-8-7-11-19(13-17)24-21-16(3)14-23-22(26-21)25-18-9-5-4-6-10-18/h4-14,20,27H,1-3H3,(H2,23,24,25,26). The number of nitrogens with zero attached hydrogens (tertiary/aromatic N) is 2. The van der Waals surface area contributed by atoms with Gasteiger partial charge >= 0.3 is 0 Å². The number of aliphatic hydroxyl groups excluding tert-OH is 1. The number of aromatic nitrogens is 2. The SMILES string of the molecule is CC(C)=CC(O)c1cccc(Nc2nc(Nc3ccccc3)ncc2C)c1. The predicted octanol–water partition coefficient (Wildman–Crippen LogP) is 5.27. The Bertz CT molecular complexity index is 934. The van der Waals surface area contributed by atoms with Gasteiger partial charge < -0.3 is 15.7 Å². The monoisotopic (exact) mass is 360 g/mol. The zero-order valence-corrected chi connectivity index (χ0v) is 15.8. The van der Waals surface area contributed by atoms with Crippen molar-refractivity contribution in [2.75, 3.05) is 10.6 Å². The van der Waals surface area contributed by atoms with E-state index in [0.717, 1.165) is 33.9 Å². The second-order valence-corrected chi connectivity index (χ2v) is 6.66. The number of para-hydroxylation sites is 1. The molecule has 0 saturated heterocycles. The van der Waals surface area contributed by atoms with E-state index < -0.39 is 6.10 Å². The molecule has 3 aromatic rings. The van der Waals surface area contributed by atoms with Crippen molar-refractivity contribution in [2.24, 2.45) is 0 Å². The molecule has 0 spiro atoms. The van der Waals surface area contributed by atoms with Gasteiger partial charge in [-0.3, -0.25) is 0 Å². The highest BCUT2D eigenvalue weighted by Gasteiger charge is 2.08. The smallest absolute Gasteiger partial charge is 0.229 e. The van der Waals surface area contributed by atoms with Crippen molar-refractivity contribution >= 4 is 23.1 Å². The lowest BCUT2D eigenvalue weighted by Gasteiger charge is -2.13. The van der Waals surface area contributed by atoms with Crippen LogP contribution < -0.4 is 10.6 Å². The first kappa shape index (κ1) is 18.6. The van der Waals surface area contributed by atoms with Crippen molar-refractivity contribution in [3.63, 3.8) is 0 Å². The zero-order valence-electron chi connectivity index (χ0n) is 15.8. The van der Waals surface area contributed by atoms with Crippen LogP contribution in [0, 0.1) is 6.92 Å². The molecular formula is C22H24N4O. The van der Waals surface area contributed by atoms with Crippen LogP contribution in [-0.4, -0.2) is 15.1 Å². The van der Waals surface area contributed by atoms with Crippen LogP contribution in [0.4, 0.5) is 23.1 Å². The lowest BCUT2D eigenvalue weighted by atomic mass is 10.1. The van der Waals surface area contributed by atoms with E-state index in [1.54, 1.807) is 6.20 Å². The van der Waals surface area contributed by atoms with Gasteiger partial charge in [-0.05, 0) is 50.6 Å². The van der Waals surface area contributed by atoms with Gasteiger partial charge in [-0.1, -0.05) is 42.0 Å². The molecule has 0 aliphatic carbocycles. The van der Waals surface area contributed by atoms with Crippen LogP contribution in [-0.2, 0) is 0 Å². The fourth-order valence-electron chi connectivity index (χ4n) is 2.63. The van der Waals surface area contributed by atoms with E-state index in [1.165, 1.54) is 0 Å². The molecule has 3 N–H and O–H groups in total. The third-order valence-electron chi connectivity index (χ3n) is 3.98. The maximum Gasteiger partial charge on any atom is 0.229 e. The highest BCUT2D eigenvalue weighted by Crippen LogP contribution is 2.24. The van der Waals surface area contributed by atoms with Gasteiger partial charge in [-0.25, -0.2) is 4.98 Å². The maximum absolute atomic E-state index is 10.3. The number of allylic oxidation sites excluding steroid dienone is 1. The highest BCUT2D eigenvalue weighted by atomic mass is 16.3. The molecule has 0 aliphatic rings. The van der Waals surface area contributed by atoms with Gasteiger partial charge in [0.1, 0.15) is 5.82 Å². The molecule has 1 unspecified atom stereocenters. The van der Waals surface area contributed by atoms with Gasteiger partial charge in [-0.2, -0.15) is 4.98 Å². The topological polar surface area (TPSA) is 70.1 Å². The highest BCUT2D eigenvalue weighted by molar-refractivity contribution is 5.62. The average Bonchev–Trinajstić information content (AvgIpc) is 2.65. The quantitative estimate of drug-likeness (QED) is 0.522. The van der Waals surface area contributed by atoms with Gasteiger partial charge in [-0.15, -0.1) is 0 Å².